The van der Waals surface area contributed by atoms with Gasteiger partial charge in [-0.1, -0.05) is 30.3 Å². The van der Waals surface area contributed by atoms with E-state index in [0.717, 1.165) is 5.56 Å². The Bertz CT molecular complexity index is 634. The first kappa shape index (κ1) is 20.0. The van der Waals surface area contributed by atoms with Crippen LogP contribution in [0.3, 0.4) is 0 Å². The largest absolute Gasteiger partial charge is 0.443 e. The van der Waals surface area contributed by atoms with Gasteiger partial charge in [0.2, 0.25) is 0 Å². The summed E-state index contributed by atoms with van der Waals surface area (Å²) in [4.78, 5) is 18.6. The molecule has 1 aromatic carbocycles. The molecule has 0 unspecified atom stereocenters. The number of methoxy groups -OCH3 is 2. The Morgan fingerprint density at radius 3 is 2.41 bits per heavy atom. The minimum Gasteiger partial charge on any atom is -0.443 e. The zero-order chi connectivity index (χ0) is 19.6. The van der Waals surface area contributed by atoms with Crippen LogP contribution in [0.1, 0.15) is 26.3 Å². The number of nitrogens with zero attached hydrogens (tertiary/aromatic N) is 1. The molecule has 4 atom stereocenters. The maximum Gasteiger partial charge on any atom is 0.434 e. The highest BCUT2D eigenvalue weighted by Gasteiger charge is 2.57. The lowest BCUT2D eigenvalue weighted by molar-refractivity contribution is -0.317. The average molecular weight is 381 g/mol. The topological polar surface area (TPSA) is 75.7 Å². The van der Waals surface area contributed by atoms with Crippen LogP contribution in [0.5, 0.6) is 0 Å². The van der Waals surface area contributed by atoms with Crippen LogP contribution in [0.25, 0.3) is 0 Å². The molecule has 1 aromatic rings. The smallest absolute Gasteiger partial charge is 0.434 e. The Balaban J connectivity index is 1.75. The molecule has 8 heteroatoms. The predicted octanol–water partition coefficient (Wildman–Crippen LogP) is 2.47. The number of fused-ring (bicyclic) bond motifs is 1. The third-order valence-corrected chi connectivity index (χ3v) is 4.69. The number of carbonyl (C=O) groups excluding carboxylic acids is 1. The Labute approximate surface area is 159 Å². The monoisotopic (exact) mass is 381 g/mol. The lowest BCUT2D eigenvalue weighted by Gasteiger charge is -2.43. The molecule has 2 fully saturated rings. The fourth-order valence-corrected chi connectivity index (χ4v) is 3.43. The van der Waals surface area contributed by atoms with E-state index in [1.807, 2.05) is 51.1 Å². The van der Waals surface area contributed by atoms with E-state index in [1.54, 1.807) is 0 Å². The Hall–Kier alpha value is -1.71. The summed E-state index contributed by atoms with van der Waals surface area (Å²) in [5.41, 5.74) is 0.887. The molecule has 2 aliphatic heterocycles. The molecule has 0 spiro atoms. The molecule has 3 rings (SSSR count). The first-order chi connectivity index (χ1) is 12.9. The highest BCUT2D eigenvalue weighted by molar-refractivity contribution is 5.67. The van der Waals surface area contributed by atoms with E-state index in [4.69, 9.17) is 28.5 Å². The molecular weight excluding hydrogens is 354 g/mol. The summed E-state index contributed by atoms with van der Waals surface area (Å²) < 4.78 is 28.1. The van der Waals surface area contributed by atoms with Crippen LogP contribution in [-0.2, 0) is 35.1 Å². The van der Waals surface area contributed by atoms with Gasteiger partial charge in [-0.15, -0.1) is 0 Å². The van der Waals surface area contributed by atoms with E-state index >= 15 is 0 Å². The predicted molar refractivity (Wildman–Crippen MR) is 94.4 cm³/mol. The Morgan fingerprint density at radius 1 is 1.15 bits per heavy atom. The van der Waals surface area contributed by atoms with E-state index in [0.29, 0.717) is 0 Å². The maximum atomic E-state index is 12.7. The van der Waals surface area contributed by atoms with Crippen molar-refractivity contribution in [1.29, 1.82) is 0 Å². The van der Waals surface area contributed by atoms with Gasteiger partial charge < -0.3 is 23.7 Å². The van der Waals surface area contributed by atoms with Gasteiger partial charge in [-0.25, -0.2) is 4.79 Å². The molecular formula is C19H27NO7. The minimum atomic E-state index is -0.804. The molecule has 2 heterocycles. The minimum absolute atomic E-state index is 0.145. The van der Waals surface area contributed by atoms with E-state index in [9.17, 15) is 4.79 Å². The summed E-state index contributed by atoms with van der Waals surface area (Å²) in [7, 11) is 3.01. The summed E-state index contributed by atoms with van der Waals surface area (Å²) in [5, 5.41) is 1.19. The molecule has 0 saturated carbocycles. The highest BCUT2D eigenvalue weighted by atomic mass is 16.8. The summed E-state index contributed by atoms with van der Waals surface area (Å²) >= 11 is 0. The van der Waals surface area contributed by atoms with Crippen molar-refractivity contribution >= 4 is 6.09 Å². The van der Waals surface area contributed by atoms with Crippen molar-refractivity contribution in [2.24, 2.45) is 0 Å². The number of hydroxylamine groups is 2. The number of benzene rings is 1. The molecule has 150 valence electrons. The van der Waals surface area contributed by atoms with Crippen molar-refractivity contribution in [1.82, 2.24) is 5.06 Å². The van der Waals surface area contributed by atoms with E-state index < -0.39 is 42.5 Å². The summed E-state index contributed by atoms with van der Waals surface area (Å²) in [6.07, 6.45) is -2.87. The maximum absolute atomic E-state index is 12.7. The van der Waals surface area contributed by atoms with Gasteiger partial charge >= 0.3 is 6.09 Å². The van der Waals surface area contributed by atoms with Crippen LogP contribution >= 0.6 is 0 Å². The van der Waals surface area contributed by atoms with Crippen LogP contribution in [0, 0.1) is 0 Å². The fourth-order valence-electron chi connectivity index (χ4n) is 3.43. The van der Waals surface area contributed by atoms with E-state index in [2.05, 4.69) is 0 Å². The van der Waals surface area contributed by atoms with Crippen LogP contribution < -0.4 is 0 Å². The number of hydrogen-bond acceptors (Lipinski definition) is 7. The number of hydrogen-bond donors (Lipinski definition) is 0. The van der Waals surface area contributed by atoms with Gasteiger partial charge in [0.05, 0.1) is 6.04 Å². The molecule has 0 aliphatic carbocycles. The van der Waals surface area contributed by atoms with Crippen LogP contribution in [0.4, 0.5) is 4.79 Å². The summed E-state index contributed by atoms with van der Waals surface area (Å²) in [5.74, 6) is -0.804. The number of amides is 1. The second kappa shape index (κ2) is 8.12. The van der Waals surface area contributed by atoms with Crippen molar-refractivity contribution in [3.05, 3.63) is 35.9 Å². The Morgan fingerprint density at radius 2 is 1.78 bits per heavy atom. The van der Waals surface area contributed by atoms with Crippen LogP contribution in [-0.4, -0.2) is 61.8 Å². The first-order valence-electron chi connectivity index (χ1n) is 8.94. The number of carbonyl (C=O) groups is 1. The van der Waals surface area contributed by atoms with E-state index in [-0.39, 0.29) is 6.61 Å². The molecule has 2 saturated heterocycles. The van der Waals surface area contributed by atoms with Gasteiger partial charge in [-0.2, -0.15) is 5.06 Å². The molecule has 27 heavy (non-hydrogen) atoms. The molecule has 0 bridgehead atoms. The van der Waals surface area contributed by atoms with Gasteiger partial charge in [0.25, 0.3) is 0 Å². The molecule has 0 radical (unpaired) electrons. The van der Waals surface area contributed by atoms with Crippen molar-refractivity contribution < 1.29 is 33.3 Å². The zero-order valence-corrected chi connectivity index (χ0v) is 16.3. The lowest BCUT2D eigenvalue weighted by atomic mass is 10.00. The van der Waals surface area contributed by atoms with Gasteiger partial charge in [0.1, 0.15) is 18.8 Å². The summed E-state index contributed by atoms with van der Waals surface area (Å²) in [6, 6.07) is 9.03. The van der Waals surface area contributed by atoms with Crippen LogP contribution in [0.15, 0.2) is 30.3 Å². The molecule has 0 N–H and O–H groups in total. The van der Waals surface area contributed by atoms with Crippen molar-refractivity contribution in [3.63, 3.8) is 0 Å². The molecule has 1 amide bonds. The Kier molecular flexibility index (Phi) is 6.02. The fraction of sp³-hybridized carbons (Fsp3) is 0.632. The third kappa shape index (κ3) is 4.25. The quantitative estimate of drug-likeness (QED) is 0.725. The SMILES string of the molecule is COC(OC)[C@@H]1ON(C(=O)OCc2ccccc2)[C@H](C)[C@@H]2OC(C)(C)O[C@@H]21. The van der Waals surface area contributed by atoms with Crippen molar-refractivity contribution in [2.45, 2.75) is 63.8 Å². The number of rotatable bonds is 5. The van der Waals surface area contributed by atoms with Gasteiger partial charge in [0, 0.05) is 14.2 Å². The first-order valence-corrected chi connectivity index (χ1v) is 8.94. The standard InChI is InChI=1S/C19H27NO7/c1-12-14-15(26-19(2,3)25-14)16(17(22-4)23-5)27-20(12)18(21)24-11-13-9-7-6-8-10-13/h6-10,12,14-17H,11H2,1-5H3/t12-,14+,15+,16-/m1/s1. The molecule has 0 aromatic heterocycles. The second-order valence-corrected chi connectivity index (χ2v) is 7.08. The molecule has 2 aliphatic rings. The molecule has 8 nitrogen and oxygen atoms in total. The van der Waals surface area contributed by atoms with Crippen molar-refractivity contribution in [3.8, 4) is 0 Å². The van der Waals surface area contributed by atoms with E-state index in [1.165, 1.54) is 19.3 Å². The average Bonchev–Trinajstić information content (AvgIpc) is 2.99. The number of ether oxygens (including phenoxy) is 5. The second-order valence-electron chi connectivity index (χ2n) is 7.08. The highest BCUT2D eigenvalue weighted by Crippen LogP contribution is 2.39. The lowest BCUT2D eigenvalue weighted by Crippen LogP contribution is -2.62. The normalized spacial score (nSPS) is 29.6. The van der Waals surface area contributed by atoms with Crippen molar-refractivity contribution in [2.75, 3.05) is 14.2 Å². The third-order valence-electron chi connectivity index (χ3n) is 4.69. The van der Waals surface area contributed by atoms with Gasteiger partial charge in [-0.3, -0.25) is 4.84 Å². The van der Waals surface area contributed by atoms with Gasteiger partial charge in [0.15, 0.2) is 18.2 Å². The zero-order valence-electron chi connectivity index (χ0n) is 16.3. The summed E-state index contributed by atoms with van der Waals surface area (Å²) in [6.45, 7) is 5.62. The van der Waals surface area contributed by atoms with Crippen LogP contribution in [0.2, 0.25) is 0 Å². The van der Waals surface area contributed by atoms with Gasteiger partial charge in [-0.05, 0) is 26.3 Å².